The third-order valence-corrected chi connectivity index (χ3v) is 3.97. The highest BCUT2D eigenvalue weighted by Gasteiger charge is 2.19. The van der Waals surface area contributed by atoms with Gasteiger partial charge in [-0.05, 0) is 0 Å². The molecule has 0 spiro atoms. The van der Waals surface area contributed by atoms with Gasteiger partial charge in [0.05, 0.1) is 0 Å². The highest BCUT2D eigenvalue weighted by atomic mass is 32.2. The summed E-state index contributed by atoms with van der Waals surface area (Å²) in [6.07, 6.45) is 0.253. The Morgan fingerprint density at radius 3 is 2.70 bits per heavy atom. The topological polar surface area (TPSA) is 90.9 Å². The summed E-state index contributed by atoms with van der Waals surface area (Å²) in [4.78, 5) is 24.9. The number of urea groups is 1. The van der Waals surface area contributed by atoms with Gasteiger partial charge in [0.2, 0.25) is 0 Å². The van der Waals surface area contributed by atoms with Crippen LogP contribution in [-0.4, -0.2) is 79.5 Å². The van der Waals surface area contributed by atoms with E-state index in [1.165, 1.54) is 7.11 Å². The van der Waals surface area contributed by atoms with Gasteiger partial charge in [0.1, 0.15) is 6.04 Å². The second kappa shape index (κ2) is 9.84. The van der Waals surface area contributed by atoms with Crippen molar-refractivity contribution in [2.24, 2.45) is 0 Å². The average molecular weight is 305 g/mol. The largest absolute Gasteiger partial charge is 0.480 e. The molecule has 1 aliphatic rings. The minimum Gasteiger partial charge on any atom is -0.480 e. The van der Waals surface area contributed by atoms with Gasteiger partial charge in [0.15, 0.2) is 0 Å². The van der Waals surface area contributed by atoms with E-state index in [4.69, 9.17) is 9.84 Å². The molecule has 0 aromatic carbocycles. The molecule has 8 heteroatoms. The number of rotatable bonds is 8. The molecule has 116 valence electrons. The summed E-state index contributed by atoms with van der Waals surface area (Å²) in [5.41, 5.74) is 0. The molecule has 0 radical (unpaired) electrons. The Kier molecular flexibility index (Phi) is 8.40. The summed E-state index contributed by atoms with van der Waals surface area (Å²) in [7, 11) is 1.50. The van der Waals surface area contributed by atoms with E-state index in [-0.39, 0.29) is 6.42 Å². The van der Waals surface area contributed by atoms with Crippen molar-refractivity contribution in [1.82, 2.24) is 15.5 Å². The van der Waals surface area contributed by atoms with Gasteiger partial charge in [0, 0.05) is 57.8 Å². The molecule has 1 fully saturated rings. The van der Waals surface area contributed by atoms with Crippen molar-refractivity contribution in [3.8, 4) is 0 Å². The fourth-order valence-corrected chi connectivity index (χ4v) is 2.83. The summed E-state index contributed by atoms with van der Waals surface area (Å²) in [6, 6.07) is -1.36. The first-order chi connectivity index (χ1) is 9.63. The predicted molar refractivity (Wildman–Crippen MR) is 78.2 cm³/mol. The molecule has 20 heavy (non-hydrogen) atoms. The molecular weight excluding hydrogens is 282 g/mol. The van der Waals surface area contributed by atoms with E-state index in [1.807, 2.05) is 11.8 Å². The number of hydrogen-bond acceptors (Lipinski definition) is 5. The standard InChI is InChI=1S/C12H23N3O4S/c1-19-7-2-10(11(16)17)14-12(18)13-3-4-15-5-8-20-9-6-15/h10H,2-9H2,1H3,(H,16,17)(H2,13,14,18). The van der Waals surface area contributed by atoms with Crippen LogP contribution in [0.1, 0.15) is 6.42 Å². The van der Waals surface area contributed by atoms with Crippen LogP contribution >= 0.6 is 11.8 Å². The van der Waals surface area contributed by atoms with Crippen molar-refractivity contribution in [1.29, 1.82) is 0 Å². The Labute approximate surface area is 123 Å². The number of carbonyl (C=O) groups excluding carboxylic acids is 1. The molecule has 1 saturated heterocycles. The molecule has 2 amide bonds. The van der Waals surface area contributed by atoms with Gasteiger partial charge in [-0.25, -0.2) is 9.59 Å². The first-order valence-corrected chi connectivity index (χ1v) is 7.85. The van der Waals surface area contributed by atoms with E-state index in [0.717, 1.165) is 31.1 Å². The van der Waals surface area contributed by atoms with E-state index >= 15 is 0 Å². The van der Waals surface area contributed by atoms with Crippen LogP contribution in [0.5, 0.6) is 0 Å². The molecule has 0 aromatic rings. The fraction of sp³-hybridized carbons (Fsp3) is 0.833. The zero-order chi connectivity index (χ0) is 14.8. The number of aliphatic carboxylic acids is 1. The molecule has 3 N–H and O–H groups in total. The molecule has 7 nitrogen and oxygen atoms in total. The lowest BCUT2D eigenvalue weighted by atomic mass is 10.2. The Balaban J connectivity index is 2.18. The second-order valence-corrected chi connectivity index (χ2v) is 5.75. The normalized spacial score (nSPS) is 17.4. The van der Waals surface area contributed by atoms with Gasteiger partial charge in [-0.3, -0.25) is 4.90 Å². The zero-order valence-electron chi connectivity index (χ0n) is 11.8. The number of carboxylic acid groups (broad SMARTS) is 1. The second-order valence-electron chi connectivity index (χ2n) is 4.53. The summed E-state index contributed by atoms with van der Waals surface area (Å²) >= 11 is 1.94. The fourth-order valence-electron chi connectivity index (χ4n) is 1.85. The van der Waals surface area contributed by atoms with Crippen LogP contribution in [0.25, 0.3) is 0 Å². The van der Waals surface area contributed by atoms with Crippen molar-refractivity contribution >= 4 is 23.8 Å². The predicted octanol–water partition coefficient (Wildman–Crippen LogP) is -0.176. The van der Waals surface area contributed by atoms with Crippen LogP contribution in [0.2, 0.25) is 0 Å². The van der Waals surface area contributed by atoms with Gasteiger partial charge >= 0.3 is 12.0 Å². The first kappa shape index (κ1) is 17.1. The molecular formula is C12H23N3O4S. The molecule has 1 aliphatic heterocycles. The van der Waals surface area contributed by atoms with Crippen molar-refractivity contribution < 1.29 is 19.4 Å². The Bertz CT molecular complexity index is 311. The number of carboxylic acids is 1. The van der Waals surface area contributed by atoms with Gasteiger partial charge in [-0.1, -0.05) is 0 Å². The van der Waals surface area contributed by atoms with E-state index in [1.54, 1.807) is 0 Å². The molecule has 0 bridgehead atoms. The Morgan fingerprint density at radius 1 is 1.40 bits per heavy atom. The molecule has 0 saturated carbocycles. The van der Waals surface area contributed by atoms with Gasteiger partial charge < -0.3 is 20.5 Å². The Morgan fingerprint density at radius 2 is 2.10 bits per heavy atom. The minimum absolute atomic E-state index is 0.253. The maximum absolute atomic E-state index is 11.6. The lowest BCUT2D eigenvalue weighted by molar-refractivity contribution is -0.139. The Hall–Kier alpha value is -0.990. The van der Waals surface area contributed by atoms with Gasteiger partial charge in [0.25, 0.3) is 0 Å². The number of hydrogen-bond donors (Lipinski definition) is 3. The van der Waals surface area contributed by atoms with Crippen LogP contribution < -0.4 is 10.6 Å². The lowest BCUT2D eigenvalue weighted by Crippen LogP contribution is -2.48. The summed E-state index contributed by atoms with van der Waals surface area (Å²) in [5, 5.41) is 14.1. The smallest absolute Gasteiger partial charge is 0.326 e. The molecule has 1 unspecified atom stereocenters. The van der Waals surface area contributed by atoms with Crippen molar-refractivity contribution in [3.63, 3.8) is 0 Å². The maximum atomic E-state index is 11.6. The van der Waals surface area contributed by atoms with Crippen molar-refractivity contribution in [2.45, 2.75) is 12.5 Å². The zero-order valence-corrected chi connectivity index (χ0v) is 12.6. The third-order valence-electron chi connectivity index (χ3n) is 3.03. The highest BCUT2D eigenvalue weighted by molar-refractivity contribution is 7.99. The number of carbonyl (C=O) groups is 2. The van der Waals surface area contributed by atoms with Crippen LogP contribution in [0, 0.1) is 0 Å². The van der Waals surface area contributed by atoms with Crippen LogP contribution in [0.15, 0.2) is 0 Å². The number of nitrogens with one attached hydrogen (secondary N) is 2. The number of methoxy groups -OCH3 is 1. The molecule has 0 aromatic heterocycles. The average Bonchev–Trinajstić information content (AvgIpc) is 2.44. The SMILES string of the molecule is COCCC(NC(=O)NCCN1CCSCC1)C(=O)O. The minimum atomic E-state index is -1.05. The number of thioether (sulfide) groups is 1. The van der Waals surface area contributed by atoms with Crippen molar-refractivity contribution in [2.75, 3.05) is 51.4 Å². The summed E-state index contributed by atoms with van der Waals surface area (Å²) < 4.78 is 4.82. The van der Waals surface area contributed by atoms with Crippen molar-refractivity contribution in [3.05, 3.63) is 0 Å². The monoisotopic (exact) mass is 305 g/mol. The summed E-state index contributed by atoms with van der Waals surface area (Å²) in [6.45, 7) is 3.69. The van der Waals surface area contributed by atoms with Gasteiger partial charge in [-0.15, -0.1) is 0 Å². The van der Waals surface area contributed by atoms with Crippen LogP contribution in [-0.2, 0) is 9.53 Å². The third kappa shape index (κ3) is 6.97. The summed E-state index contributed by atoms with van der Waals surface area (Å²) in [5.74, 6) is 1.21. The molecule has 0 aliphatic carbocycles. The maximum Gasteiger partial charge on any atom is 0.326 e. The van der Waals surface area contributed by atoms with E-state index in [0.29, 0.717) is 13.2 Å². The van der Waals surface area contributed by atoms with Gasteiger partial charge in [-0.2, -0.15) is 11.8 Å². The van der Waals surface area contributed by atoms with E-state index < -0.39 is 18.0 Å². The number of amides is 2. The lowest BCUT2D eigenvalue weighted by Gasteiger charge is -2.26. The van der Waals surface area contributed by atoms with E-state index in [9.17, 15) is 9.59 Å². The molecule has 1 atom stereocenters. The van der Waals surface area contributed by atoms with Crippen LogP contribution in [0.4, 0.5) is 4.79 Å². The molecule has 1 heterocycles. The highest BCUT2D eigenvalue weighted by Crippen LogP contribution is 2.07. The quantitative estimate of drug-likeness (QED) is 0.576. The van der Waals surface area contributed by atoms with Crippen LogP contribution in [0.3, 0.4) is 0 Å². The first-order valence-electron chi connectivity index (χ1n) is 6.69. The van der Waals surface area contributed by atoms with E-state index in [2.05, 4.69) is 15.5 Å². The number of ether oxygens (including phenoxy) is 1. The molecule has 1 rings (SSSR count). The number of nitrogens with zero attached hydrogens (tertiary/aromatic N) is 1.